The molecule has 3 rings (SSSR count). The van der Waals surface area contributed by atoms with Crippen molar-refractivity contribution in [1.82, 2.24) is 5.32 Å². The number of furan rings is 1. The van der Waals surface area contributed by atoms with Crippen molar-refractivity contribution >= 4 is 22.3 Å². The highest BCUT2D eigenvalue weighted by Crippen LogP contribution is 2.27. The molecule has 0 aliphatic heterocycles. The van der Waals surface area contributed by atoms with E-state index in [1.807, 2.05) is 23.5 Å². The average molecular weight is 299 g/mol. The van der Waals surface area contributed by atoms with Gasteiger partial charge >= 0.3 is 0 Å². The van der Waals surface area contributed by atoms with Crippen LogP contribution in [0.5, 0.6) is 0 Å². The van der Waals surface area contributed by atoms with E-state index in [4.69, 9.17) is 4.42 Å². The first kappa shape index (κ1) is 14.4. The average Bonchev–Trinajstić information content (AvgIpc) is 3.15. The lowest BCUT2D eigenvalue weighted by Gasteiger charge is -2.15. The number of nitrogens with one attached hydrogen (secondary N) is 1. The quantitative estimate of drug-likeness (QED) is 0.651. The number of fused-ring (bicyclic) bond motifs is 1. The van der Waals surface area contributed by atoms with Crippen molar-refractivity contribution in [1.29, 1.82) is 0 Å². The van der Waals surface area contributed by atoms with Crippen LogP contribution in [0.15, 0.2) is 52.3 Å². The lowest BCUT2D eigenvalue weighted by molar-refractivity contribution is 0.410. The van der Waals surface area contributed by atoms with Crippen LogP contribution in [0.2, 0.25) is 0 Å². The minimum absolute atomic E-state index is 0.308. The molecule has 0 spiro atoms. The number of thiophene rings is 1. The lowest BCUT2D eigenvalue weighted by Crippen LogP contribution is -2.20. The molecule has 2 aromatic heterocycles. The van der Waals surface area contributed by atoms with Gasteiger partial charge in [-0.1, -0.05) is 31.2 Å². The number of para-hydroxylation sites is 1. The summed E-state index contributed by atoms with van der Waals surface area (Å²) in [5, 5.41) is 6.89. The monoisotopic (exact) mass is 299 g/mol. The summed E-state index contributed by atoms with van der Waals surface area (Å²) in [5.41, 5.74) is 0.980. The van der Waals surface area contributed by atoms with E-state index in [-0.39, 0.29) is 0 Å². The summed E-state index contributed by atoms with van der Waals surface area (Å²) in [6, 6.07) is 15.0. The Labute approximate surface area is 129 Å². The molecule has 0 bridgehead atoms. The third-order valence-electron chi connectivity index (χ3n) is 3.73. The molecule has 1 N–H and O–H groups in total. The zero-order valence-corrected chi connectivity index (χ0v) is 13.2. The third-order valence-corrected chi connectivity index (χ3v) is 4.67. The Balaban J connectivity index is 1.68. The molecule has 1 aromatic carbocycles. The first-order chi connectivity index (χ1) is 10.4. The van der Waals surface area contributed by atoms with Gasteiger partial charge in [-0.3, -0.25) is 0 Å². The molecule has 0 radical (unpaired) electrons. The van der Waals surface area contributed by atoms with E-state index in [2.05, 4.69) is 48.0 Å². The van der Waals surface area contributed by atoms with Crippen LogP contribution in [0.1, 0.15) is 36.4 Å². The molecular weight excluding hydrogens is 278 g/mol. The molecule has 1 atom stereocenters. The minimum Gasteiger partial charge on any atom is -0.459 e. The predicted octanol–water partition coefficient (Wildman–Crippen LogP) is 5.17. The Morgan fingerprint density at radius 1 is 1.19 bits per heavy atom. The van der Waals surface area contributed by atoms with Crippen molar-refractivity contribution < 1.29 is 4.42 Å². The summed E-state index contributed by atoms with van der Waals surface area (Å²) >= 11 is 1.84. The molecule has 0 amide bonds. The summed E-state index contributed by atoms with van der Waals surface area (Å²) in [5.74, 6) is 1.06. The van der Waals surface area contributed by atoms with E-state index in [1.54, 1.807) is 0 Å². The number of aryl methyl sites for hydroxylation is 1. The second-order valence-corrected chi connectivity index (χ2v) is 6.30. The summed E-state index contributed by atoms with van der Waals surface area (Å²) in [6.45, 7) is 3.11. The molecule has 0 aliphatic rings. The van der Waals surface area contributed by atoms with Gasteiger partial charge in [0, 0.05) is 10.3 Å². The maximum Gasteiger partial charge on any atom is 0.134 e. The summed E-state index contributed by atoms with van der Waals surface area (Å²) in [6.07, 6.45) is 3.43. The lowest BCUT2D eigenvalue weighted by atomic mass is 10.1. The SMILES string of the molecule is CCNC(CCCc1cccs1)c1cc2ccccc2o1. The van der Waals surface area contributed by atoms with Crippen LogP contribution in [0.3, 0.4) is 0 Å². The van der Waals surface area contributed by atoms with Gasteiger partial charge in [-0.15, -0.1) is 11.3 Å². The predicted molar refractivity (Wildman–Crippen MR) is 89.9 cm³/mol. The number of benzene rings is 1. The van der Waals surface area contributed by atoms with Gasteiger partial charge < -0.3 is 9.73 Å². The first-order valence-corrected chi connectivity index (χ1v) is 8.49. The topological polar surface area (TPSA) is 25.2 Å². The molecular formula is C18H21NOS. The zero-order valence-electron chi connectivity index (χ0n) is 12.3. The number of hydrogen-bond donors (Lipinski definition) is 1. The van der Waals surface area contributed by atoms with Gasteiger partial charge in [0.15, 0.2) is 0 Å². The van der Waals surface area contributed by atoms with Crippen LogP contribution < -0.4 is 5.32 Å². The van der Waals surface area contributed by atoms with Crippen molar-refractivity contribution in [3.05, 3.63) is 58.5 Å². The molecule has 1 unspecified atom stereocenters. The van der Waals surface area contributed by atoms with Crippen molar-refractivity contribution in [2.45, 2.75) is 32.2 Å². The summed E-state index contributed by atoms with van der Waals surface area (Å²) < 4.78 is 6.01. The van der Waals surface area contributed by atoms with E-state index in [0.29, 0.717) is 6.04 Å². The normalized spacial score (nSPS) is 12.8. The molecule has 0 fully saturated rings. The van der Waals surface area contributed by atoms with Crippen LogP contribution in [0.25, 0.3) is 11.0 Å². The maximum atomic E-state index is 6.01. The second kappa shape index (κ2) is 6.92. The van der Waals surface area contributed by atoms with Gasteiger partial charge in [0.1, 0.15) is 11.3 Å². The van der Waals surface area contributed by atoms with Gasteiger partial charge in [-0.25, -0.2) is 0 Å². The standard InChI is InChI=1S/C18H21NOS/c1-2-19-16(10-5-8-15-9-6-12-21-15)18-13-14-7-3-4-11-17(14)20-18/h3-4,6-7,9,11-13,16,19H,2,5,8,10H2,1H3. The van der Waals surface area contributed by atoms with Gasteiger partial charge in [-0.2, -0.15) is 0 Å². The van der Waals surface area contributed by atoms with Crippen molar-refractivity contribution in [2.24, 2.45) is 0 Å². The van der Waals surface area contributed by atoms with Crippen molar-refractivity contribution in [2.75, 3.05) is 6.54 Å². The Hall–Kier alpha value is -1.58. The maximum absolute atomic E-state index is 6.01. The fourth-order valence-electron chi connectivity index (χ4n) is 2.70. The van der Waals surface area contributed by atoms with Crippen molar-refractivity contribution in [3.8, 4) is 0 Å². The largest absolute Gasteiger partial charge is 0.459 e. The van der Waals surface area contributed by atoms with Crippen LogP contribution in [-0.2, 0) is 6.42 Å². The molecule has 21 heavy (non-hydrogen) atoms. The Morgan fingerprint density at radius 2 is 2.10 bits per heavy atom. The molecule has 3 heteroatoms. The van der Waals surface area contributed by atoms with Crippen LogP contribution in [-0.4, -0.2) is 6.54 Å². The molecule has 110 valence electrons. The highest BCUT2D eigenvalue weighted by atomic mass is 32.1. The Morgan fingerprint density at radius 3 is 2.86 bits per heavy atom. The van der Waals surface area contributed by atoms with Gasteiger partial charge in [0.2, 0.25) is 0 Å². The fourth-order valence-corrected chi connectivity index (χ4v) is 3.45. The Kier molecular flexibility index (Phi) is 4.73. The molecule has 0 saturated heterocycles. The van der Waals surface area contributed by atoms with E-state index in [1.165, 1.54) is 16.7 Å². The fraction of sp³-hybridized carbons (Fsp3) is 0.333. The van der Waals surface area contributed by atoms with Gasteiger partial charge in [0.05, 0.1) is 6.04 Å². The van der Waals surface area contributed by atoms with E-state index < -0.39 is 0 Å². The molecule has 3 aromatic rings. The first-order valence-electron chi connectivity index (χ1n) is 7.61. The number of hydrogen-bond acceptors (Lipinski definition) is 3. The summed E-state index contributed by atoms with van der Waals surface area (Å²) in [4.78, 5) is 1.47. The Bertz CT molecular complexity index is 638. The molecule has 2 heterocycles. The van der Waals surface area contributed by atoms with Crippen LogP contribution in [0, 0.1) is 0 Å². The van der Waals surface area contributed by atoms with E-state index in [9.17, 15) is 0 Å². The highest BCUT2D eigenvalue weighted by Gasteiger charge is 2.15. The molecule has 0 saturated carbocycles. The highest BCUT2D eigenvalue weighted by molar-refractivity contribution is 7.09. The minimum atomic E-state index is 0.308. The van der Waals surface area contributed by atoms with Crippen LogP contribution in [0.4, 0.5) is 0 Å². The van der Waals surface area contributed by atoms with E-state index in [0.717, 1.165) is 30.7 Å². The molecule has 0 aliphatic carbocycles. The second-order valence-electron chi connectivity index (χ2n) is 5.27. The van der Waals surface area contributed by atoms with Gasteiger partial charge in [-0.05, 0) is 49.4 Å². The third kappa shape index (κ3) is 3.55. The van der Waals surface area contributed by atoms with Gasteiger partial charge in [0.25, 0.3) is 0 Å². The smallest absolute Gasteiger partial charge is 0.134 e. The van der Waals surface area contributed by atoms with E-state index >= 15 is 0 Å². The van der Waals surface area contributed by atoms with Crippen LogP contribution >= 0.6 is 11.3 Å². The molecule has 2 nitrogen and oxygen atoms in total. The zero-order chi connectivity index (χ0) is 14.5. The summed E-state index contributed by atoms with van der Waals surface area (Å²) in [7, 11) is 0. The van der Waals surface area contributed by atoms with Crippen molar-refractivity contribution in [3.63, 3.8) is 0 Å². The number of rotatable bonds is 7.